The van der Waals surface area contributed by atoms with Gasteiger partial charge in [-0.25, -0.2) is 0 Å². The van der Waals surface area contributed by atoms with E-state index in [1.807, 2.05) is 0 Å². The minimum atomic E-state index is 0.532. The minimum Gasteiger partial charge on any atom is -0.492 e. The molecule has 128 valence electrons. The second kappa shape index (κ2) is 8.32. The van der Waals surface area contributed by atoms with Gasteiger partial charge in [-0.1, -0.05) is 36.4 Å². The molecule has 0 saturated carbocycles. The summed E-state index contributed by atoms with van der Waals surface area (Å²) in [6.07, 6.45) is 3.49. The van der Waals surface area contributed by atoms with Gasteiger partial charge in [-0.2, -0.15) is 0 Å². The zero-order valence-electron chi connectivity index (χ0n) is 14.5. The van der Waals surface area contributed by atoms with Crippen molar-refractivity contribution in [3.05, 3.63) is 65.2 Å². The molecule has 3 N–H and O–H groups in total. The molecule has 1 aliphatic carbocycles. The van der Waals surface area contributed by atoms with Crippen molar-refractivity contribution in [2.75, 3.05) is 26.7 Å². The quantitative estimate of drug-likeness (QED) is 0.822. The molecule has 0 spiro atoms. The summed E-state index contributed by atoms with van der Waals surface area (Å²) in [6.45, 7) is 2.18. The second-order valence-corrected chi connectivity index (χ2v) is 6.65. The SMILES string of the molecule is CNCC1CCc2ccc(OCCN)cc2C1Cc1ccccc1. The summed E-state index contributed by atoms with van der Waals surface area (Å²) in [5, 5.41) is 3.39. The van der Waals surface area contributed by atoms with E-state index >= 15 is 0 Å². The maximum absolute atomic E-state index is 5.77. The third kappa shape index (κ3) is 3.97. The van der Waals surface area contributed by atoms with Crippen molar-refractivity contribution in [1.29, 1.82) is 0 Å². The highest BCUT2D eigenvalue weighted by Crippen LogP contribution is 2.39. The Labute approximate surface area is 145 Å². The van der Waals surface area contributed by atoms with E-state index in [1.165, 1.54) is 23.1 Å². The van der Waals surface area contributed by atoms with Crippen LogP contribution in [0.15, 0.2) is 48.5 Å². The van der Waals surface area contributed by atoms with Crippen LogP contribution in [0.25, 0.3) is 0 Å². The zero-order chi connectivity index (χ0) is 16.8. The Balaban J connectivity index is 1.90. The summed E-state index contributed by atoms with van der Waals surface area (Å²) in [5.74, 6) is 2.14. The first-order valence-corrected chi connectivity index (χ1v) is 8.96. The third-order valence-electron chi connectivity index (χ3n) is 5.02. The van der Waals surface area contributed by atoms with Gasteiger partial charge in [0.05, 0.1) is 0 Å². The molecule has 0 saturated heterocycles. The van der Waals surface area contributed by atoms with Gasteiger partial charge in [0.1, 0.15) is 12.4 Å². The van der Waals surface area contributed by atoms with Gasteiger partial charge in [0.25, 0.3) is 0 Å². The van der Waals surface area contributed by atoms with Gasteiger partial charge in [-0.05, 0) is 73.5 Å². The second-order valence-electron chi connectivity index (χ2n) is 6.65. The molecule has 1 aliphatic rings. The molecule has 24 heavy (non-hydrogen) atoms. The molecule has 2 aromatic carbocycles. The molecule has 3 heteroatoms. The molecule has 0 bridgehead atoms. The van der Waals surface area contributed by atoms with Crippen LogP contribution in [0, 0.1) is 5.92 Å². The lowest BCUT2D eigenvalue weighted by Crippen LogP contribution is -2.30. The number of aryl methyl sites for hydroxylation is 1. The van der Waals surface area contributed by atoms with Crippen molar-refractivity contribution in [3.63, 3.8) is 0 Å². The smallest absolute Gasteiger partial charge is 0.119 e. The monoisotopic (exact) mass is 324 g/mol. The summed E-state index contributed by atoms with van der Waals surface area (Å²) in [5.41, 5.74) is 9.91. The molecule has 3 rings (SSSR count). The predicted octanol–water partition coefficient (Wildman–Crippen LogP) is 3.13. The summed E-state index contributed by atoms with van der Waals surface area (Å²) >= 11 is 0. The van der Waals surface area contributed by atoms with E-state index in [0.29, 0.717) is 25.0 Å². The van der Waals surface area contributed by atoms with Crippen LogP contribution in [0.5, 0.6) is 5.75 Å². The lowest BCUT2D eigenvalue weighted by molar-refractivity contribution is 0.323. The van der Waals surface area contributed by atoms with E-state index in [2.05, 4.69) is 60.9 Å². The first kappa shape index (κ1) is 17.0. The van der Waals surface area contributed by atoms with Crippen molar-refractivity contribution in [2.45, 2.75) is 25.2 Å². The number of hydrogen-bond acceptors (Lipinski definition) is 3. The Morgan fingerprint density at radius 2 is 2.00 bits per heavy atom. The summed E-state index contributed by atoms with van der Waals surface area (Å²) in [6, 6.07) is 17.4. The van der Waals surface area contributed by atoms with Crippen LogP contribution < -0.4 is 15.8 Å². The molecule has 0 aliphatic heterocycles. The van der Waals surface area contributed by atoms with Crippen LogP contribution in [0.2, 0.25) is 0 Å². The summed E-state index contributed by atoms with van der Waals surface area (Å²) in [4.78, 5) is 0. The van der Waals surface area contributed by atoms with E-state index in [9.17, 15) is 0 Å². The van der Waals surface area contributed by atoms with Crippen LogP contribution in [0.4, 0.5) is 0 Å². The Morgan fingerprint density at radius 1 is 1.17 bits per heavy atom. The highest BCUT2D eigenvalue weighted by atomic mass is 16.5. The third-order valence-corrected chi connectivity index (χ3v) is 5.02. The van der Waals surface area contributed by atoms with Crippen LogP contribution in [-0.2, 0) is 12.8 Å². The molecule has 2 aromatic rings. The highest BCUT2D eigenvalue weighted by Gasteiger charge is 2.29. The van der Waals surface area contributed by atoms with Crippen molar-refractivity contribution in [3.8, 4) is 5.75 Å². The standard InChI is InChI=1S/C21H28N2O/c1-23-15-18-8-7-17-9-10-19(24-12-11-22)14-21(17)20(18)13-16-5-3-2-4-6-16/h2-6,9-10,14,18,20,23H,7-8,11-13,15,22H2,1H3. The summed E-state index contributed by atoms with van der Waals surface area (Å²) < 4.78 is 5.77. The number of rotatable bonds is 7. The van der Waals surface area contributed by atoms with Gasteiger partial charge in [-0.3, -0.25) is 0 Å². The number of hydrogen-bond donors (Lipinski definition) is 2. The Kier molecular flexibility index (Phi) is 5.89. The van der Waals surface area contributed by atoms with E-state index < -0.39 is 0 Å². The van der Waals surface area contributed by atoms with E-state index in [-0.39, 0.29) is 0 Å². The number of benzene rings is 2. The first-order chi connectivity index (χ1) is 11.8. The number of fused-ring (bicyclic) bond motifs is 1. The van der Waals surface area contributed by atoms with Gasteiger partial charge >= 0.3 is 0 Å². The lowest BCUT2D eigenvalue weighted by atomic mass is 9.72. The number of nitrogens with two attached hydrogens (primary N) is 1. The van der Waals surface area contributed by atoms with E-state index in [1.54, 1.807) is 0 Å². The van der Waals surface area contributed by atoms with Crippen LogP contribution in [0.1, 0.15) is 29.0 Å². The van der Waals surface area contributed by atoms with Gasteiger partial charge in [0.15, 0.2) is 0 Å². The van der Waals surface area contributed by atoms with Crippen LogP contribution >= 0.6 is 0 Å². The molecular formula is C21H28N2O. The van der Waals surface area contributed by atoms with Crippen LogP contribution in [-0.4, -0.2) is 26.7 Å². The fraction of sp³-hybridized carbons (Fsp3) is 0.429. The van der Waals surface area contributed by atoms with E-state index in [0.717, 1.165) is 25.1 Å². The van der Waals surface area contributed by atoms with Crippen LogP contribution in [0.3, 0.4) is 0 Å². The van der Waals surface area contributed by atoms with Crippen molar-refractivity contribution in [2.24, 2.45) is 11.7 Å². The largest absolute Gasteiger partial charge is 0.492 e. The van der Waals surface area contributed by atoms with Crippen molar-refractivity contribution < 1.29 is 4.74 Å². The fourth-order valence-corrected chi connectivity index (χ4v) is 3.86. The molecular weight excluding hydrogens is 296 g/mol. The normalized spacial score (nSPS) is 19.8. The Bertz CT molecular complexity index is 642. The average Bonchev–Trinajstić information content (AvgIpc) is 2.63. The summed E-state index contributed by atoms with van der Waals surface area (Å²) in [7, 11) is 2.05. The maximum atomic E-state index is 5.77. The molecule has 0 fully saturated rings. The van der Waals surface area contributed by atoms with Gasteiger partial charge in [0, 0.05) is 6.54 Å². The maximum Gasteiger partial charge on any atom is 0.119 e. The Hall–Kier alpha value is -1.84. The predicted molar refractivity (Wildman–Crippen MR) is 99.6 cm³/mol. The molecule has 3 nitrogen and oxygen atoms in total. The highest BCUT2D eigenvalue weighted by molar-refractivity contribution is 5.41. The van der Waals surface area contributed by atoms with Gasteiger partial charge in [0.2, 0.25) is 0 Å². The molecule has 2 atom stereocenters. The minimum absolute atomic E-state index is 0.532. The van der Waals surface area contributed by atoms with Gasteiger partial charge < -0.3 is 15.8 Å². The molecule has 0 heterocycles. The topological polar surface area (TPSA) is 47.3 Å². The molecule has 2 unspecified atom stereocenters. The van der Waals surface area contributed by atoms with E-state index in [4.69, 9.17) is 10.5 Å². The molecule has 0 aromatic heterocycles. The average molecular weight is 324 g/mol. The molecule has 0 radical (unpaired) electrons. The van der Waals surface area contributed by atoms with Gasteiger partial charge in [-0.15, -0.1) is 0 Å². The lowest BCUT2D eigenvalue weighted by Gasteiger charge is -2.34. The number of nitrogens with one attached hydrogen (secondary N) is 1. The first-order valence-electron chi connectivity index (χ1n) is 8.96. The number of ether oxygens (including phenoxy) is 1. The molecule has 0 amide bonds. The van der Waals surface area contributed by atoms with Crippen molar-refractivity contribution >= 4 is 0 Å². The fourth-order valence-electron chi connectivity index (χ4n) is 3.86. The van der Waals surface area contributed by atoms with Crippen molar-refractivity contribution in [1.82, 2.24) is 5.32 Å². The Morgan fingerprint density at radius 3 is 2.75 bits per heavy atom. The zero-order valence-corrected chi connectivity index (χ0v) is 14.5.